The third kappa shape index (κ3) is 2.26. The Hall–Kier alpha value is -0.920. The fourth-order valence-corrected chi connectivity index (χ4v) is 3.40. The molecule has 4 nitrogen and oxygen atoms in total. The normalized spacial score (nSPS) is 17.9. The van der Waals surface area contributed by atoms with Crippen molar-refractivity contribution in [1.82, 2.24) is 5.32 Å². The SMILES string of the molecule is O=Cc1sc(/C=C2\SC(=O)NC2=O)cc1Br. The summed E-state index contributed by atoms with van der Waals surface area (Å²) in [5.74, 6) is -0.396. The fourth-order valence-electron chi connectivity index (χ4n) is 1.10. The Morgan fingerprint density at radius 3 is 2.62 bits per heavy atom. The van der Waals surface area contributed by atoms with Gasteiger partial charge in [0.25, 0.3) is 11.1 Å². The van der Waals surface area contributed by atoms with Crippen molar-refractivity contribution in [1.29, 1.82) is 0 Å². The van der Waals surface area contributed by atoms with Gasteiger partial charge in [0.2, 0.25) is 0 Å². The van der Waals surface area contributed by atoms with E-state index >= 15 is 0 Å². The number of nitrogens with one attached hydrogen (secondary N) is 1. The lowest BCUT2D eigenvalue weighted by Gasteiger charge is -1.87. The lowest BCUT2D eigenvalue weighted by Crippen LogP contribution is -2.17. The summed E-state index contributed by atoms with van der Waals surface area (Å²) < 4.78 is 0.689. The Morgan fingerprint density at radius 2 is 2.12 bits per heavy atom. The molecule has 16 heavy (non-hydrogen) atoms. The highest BCUT2D eigenvalue weighted by atomic mass is 79.9. The number of hydrogen-bond acceptors (Lipinski definition) is 5. The van der Waals surface area contributed by atoms with E-state index in [0.717, 1.165) is 22.9 Å². The maximum atomic E-state index is 11.3. The van der Waals surface area contributed by atoms with Crippen LogP contribution in [0.4, 0.5) is 4.79 Å². The van der Waals surface area contributed by atoms with Crippen LogP contribution in [0.15, 0.2) is 15.4 Å². The lowest BCUT2D eigenvalue weighted by molar-refractivity contribution is -0.115. The third-order valence-corrected chi connectivity index (χ3v) is 4.49. The second-order valence-corrected chi connectivity index (χ2v) is 5.82. The molecule has 2 amide bonds. The Bertz CT molecular complexity index is 521. The lowest BCUT2D eigenvalue weighted by atomic mass is 10.4. The molecule has 1 aliphatic heterocycles. The smallest absolute Gasteiger partial charge is 0.290 e. The van der Waals surface area contributed by atoms with E-state index in [1.54, 1.807) is 12.1 Å². The number of carbonyl (C=O) groups excluding carboxylic acids is 3. The summed E-state index contributed by atoms with van der Waals surface area (Å²) >= 11 is 5.34. The number of carbonyl (C=O) groups is 3. The molecule has 1 saturated heterocycles. The molecule has 0 saturated carbocycles. The van der Waals surface area contributed by atoms with Gasteiger partial charge >= 0.3 is 0 Å². The Balaban J connectivity index is 2.32. The summed E-state index contributed by atoms with van der Waals surface area (Å²) in [6.07, 6.45) is 2.33. The molecule has 1 fully saturated rings. The summed E-state index contributed by atoms with van der Waals surface area (Å²) in [6, 6.07) is 1.73. The molecule has 0 bridgehead atoms. The number of amides is 2. The molecule has 0 aliphatic carbocycles. The van der Waals surface area contributed by atoms with Crippen molar-refractivity contribution in [3.8, 4) is 0 Å². The molecule has 1 aliphatic rings. The van der Waals surface area contributed by atoms with Gasteiger partial charge in [-0.05, 0) is 39.8 Å². The molecule has 2 heterocycles. The van der Waals surface area contributed by atoms with E-state index in [-0.39, 0.29) is 5.24 Å². The monoisotopic (exact) mass is 317 g/mol. The van der Waals surface area contributed by atoms with Gasteiger partial charge in [-0.15, -0.1) is 11.3 Å². The van der Waals surface area contributed by atoms with Gasteiger partial charge < -0.3 is 0 Å². The van der Waals surface area contributed by atoms with E-state index in [1.807, 2.05) is 0 Å². The maximum absolute atomic E-state index is 11.3. The highest BCUT2D eigenvalue weighted by Crippen LogP contribution is 2.31. The van der Waals surface area contributed by atoms with Crippen LogP contribution in [0, 0.1) is 0 Å². The first-order chi connectivity index (χ1) is 7.60. The van der Waals surface area contributed by atoms with Crippen LogP contribution in [0.3, 0.4) is 0 Å². The van der Waals surface area contributed by atoms with Crippen molar-refractivity contribution in [2.24, 2.45) is 0 Å². The van der Waals surface area contributed by atoms with Gasteiger partial charge in [0.05, 0.1) is 9.78 Å². The van der Waals surface area contributed by atoms with E-state index in [4.69, 9.17) is 0 Å². The molecular formula is C9H4BrNO3S2. The zero-order chi connectivity index (χ0) is 11.7. The zero-order valence-corrected chi connectivity index (χ0v) is 10.9. The van der Waals surface area contributed by atoms with Gasteiger partial charge in [-0.3, -0.25) is 19.7 Å². The van der Waals surface area contributed by atoms with Crippen molar-refractivity contribution in [3.63, 3.8) is 0 Å². The van der Waals surface area contributed by atoms with Crippen molar-refractivity contribution in [2.75, 3.05) is 0 Å². The summed E-state index contributed by atoms with van der Waals surface area (Å²) in [4.78, 5) is 34.4. The molecule has 1 N–H and O–H groups in total. The first-order valence-corrected chi connectivity index (χ1v) is 6.52. The number of rotatable bonds is 2. The van der Waals surface area contributed by atoms with Crippen molar-refractivity contribution < 1.29 is 14.4 Å². The average molecular weight is 318 g/mol. The van der Waals surface area contributed by atoms with Crippen LogP contribution in [0.2, 0.25) is 0 Å². The maximum Gasteiger partial charge on any atom is 0.290 e. The topological polar surface area (TPSA) is 63.2 Å². The second kappa shape index (κ2) is 4.52. The van der Waals surface area contributed by atoms with Gasteiger partial charge in [0.15, 0.2) is 6.29 Å². The third-order valence-electron chi connectivity index (χ3n) is 1.75. The Kier molecular flexibility index (Phi) is 3.27. The molecule has 0 radical (unpaired) electrons. The van der Waals surface area contributed by atoms with Crippen molar-refractivity contribution in [3.05, 3.63) is 25.2 Å². The molecule has 7 heteroatoms. The van der Waals surface area contributed by atoms with Crippen LogP contribution in [-0.4, -0.2) is 17.4 Å². The van der Waals surface area contributed by atoms with Crippen molar-refractivity contribution in [2.45, 2.75) is 0 Å². The first-order valence-electron chi connectivity index (χ1n) is 4.09. The van der Waals surface area contributed by atoms with Crippen molar-refractivity contribution >= 4 is 62.5 Å². The Labute approximate surface area is 107 Å². The van der Waals surface area contributed by atoms with E-state index in [9.17, 15) is 14.4 Å². The highest BCUT2D eigenvalue weighted by Gasteiger charge is 2.25. The first kappa shape index (κ1) is 11.6. The number of thioether (sulfide) groups is 1. The predicted octanol–water partition coefficient (Wildman–Crippen LogP) is 2.65. The van der Waals surface area contributed by atoms with Gasteiger partial charge in [0.1, 0.15) is 0 Å². The Morgan fingerprint density at radius 1 is 1.38 bits per heavy atom. The quantitative estimate of drug-likeness (QED) is 0.672. The second-order valence-electron chi connectivity index (χ2n) is 2.83. The van der Waals surface area contributed by atoms with Gasteiger partial charge in [-0.2, -0.15) is 0 Å². The van der Waals surface area contributed by atoms with Crippen LogP contribution in [0.25, 0.3) is 6.08 Å². The molecule has 2 rings (SSSR count). The molecular weight excluding hydrogens is 314 g/mol. The van der Waals surface area contributed by atoms with Crippen LogP contribution in [0.5, 0.6) is 0 Å². The fraction of sp³-hybridized carbons (Fsp3) is 0. The summed E-state index contributed by atoms with van der Waals surface area (Å²) in [6.45, 7) is 0. The van der Waals surface area contributed by atoms with E-state index in [2.05, 4.69) is 21.2 Å². The molecule has 1 aromatic rings. The molecule has 0 unspecified atom stereocenters. The number of aldehydes is 1. The van der Waals surface area contributed by atoms with E-state index in [0.29, 0.717) is 14.3 Å². The summed E-state index contributed by atoms with van der Waals surface area (Å²) in [5.41, 5.74) is 0. The van der Waals surface area contributed by atoms with E-state index < -0.39 is 5.91 Å². The molecule has 1 aromatic heterocycles. The van der Waals surface area contributed by atoms with E-state index in [1.165, 1.54) is 11.3 Å². The molecule has 82 valence electrons. The summed E-state index contributed by atoms with van der Waals surface area (Å²) in [5, 5.41) is 1.79. The van der Waals surface area contributed by atoms with Crippen LogP contribution in [0.1, 0.15) is 14.5 Å². The number of thiophene rings is 1. The minimum atomic E-state index is -0.396. The zero-order valence-electron chi connectivity index (χ0n) is 7.65. The van der Waals surface area contributed by atoms with Crippen LogP contribution in [-0.2, 0) is 4.79 Å². The van der Waals surface area contributed by atoms with Gasteiger partial charge in [-0.1, -0.05) is 0 Å². The molecule has 0 spiro atoms. The largest absolute Gasteiger partial charge is 0.297 e. The minimum Gasteiger partial charge on any atom is -0.297 e. The number of imide groups is 1. The van der Waals surface area contributed by atoms with Crippen LogP contribution < -0.4 is 5.32 Å². The van der Waals surface area contributed by atoms with Gasteiger partial charge in [0, 0.05) is 9.35 Å². The molecule has 0 aromatic carbocycles. The standard InChI is InChI=1S/C9H4BrNO3S2/c10-5-1-4(15-7(5)3-12)2-6-8(13)11-9(14)16-6/h1-3H,(H,11,13,14)/b6-2-. The predicted molar refractivity (Wildman–Crippen MR) is 66.5 cm³/mol. The molecule has 0 atom stereocenters. The van der Waals surface area contributed by atoms with Gasteiger partial charge in [-0.25, -0.2) is 0 Å². The average Bonchev–Trinajstić information content (AvgIpc) is 2.71. The highest BCUT2D eigenvalue weighted by molar-refractivity contribution is 9.10. The summed E-state index contributed by atoms with van der Waals surface area (Å²) in [7, 11) is 0. The minimum absolute atomic E-state index is 0.344. The van der Waals surface area contributed by atoms with Crippen LogP contribution >= 0.6 is 39.0 Å². The number of halogens is 1. The number of hydrogen-bond donors (Lipinski definition) is 1.